The van der Waals surface area contributed by atoms with E-state index in [9.17, 15) is 31.2 Å². The molecule has 0 aliphatic heterocycles. The van der Waals surface area contributed by atoms with E-state index in [0.29, 0.717) is 25.8 Å². The molecule has 1 amide bonds. The zero-order valence-electron chi connectivity index (χ0n) is 14.1. The number of hydrogen-bond acceptors (Lipinski definition) is 8. The predicted molar refractivity (Wildman–Crippen MR) is 86.8 cm³/mol. The first-order valence-electron chi connectivity index (χ1n) is 7.97. The lowest BCUT2D eigenvalue weighted by molar-refractivity contribution is -0.141. The average molecular weight is 406 g/mol. The Morgan fingerprint density at radius 3 is 1.96 bits per heavy atom. The summed E-state index contributed by atoms with van der Waals surface area (Å²) in [4.78, 5) is 23.8. The largest absolute Gasteiger partial charge is 0.534 e. The summed E-state index contributed by atoms with van der Waals surface area (Å²) in [7, 11) is -6.12. The molecule has 26 heavy (non-hydrogen) atoms. The first-order chi connectivity index (χ1) is 12.0. The molecule has 0 fully saturated rings. The number of carbonyl (C=O) groups excluding carboxylic acids is 2. The van der Waals surface area contributed by atoms with Gasteiger partial charge in [-0.25, -0.2) is 4.79 Å². The summed E-state index contributed by atoms with van der Waals surface area (Å²) in [5, 5.41) is 2.13. The molecule has 9 nitrogen and oxygen atoms in total. The van der Waals surface area contributed by atoms with Crippen molar-refractivity contribution in [1.29, 1.82) is 0 Å². The highest BCUT2D eigenvalue weighted by molar-refractivity contribution is 7.88. The molecule has 0 unspecified atom stereocenters. The summed E-state index contributed by atoms with van der Waals surface area (Å²) in [5.74, 6) is -2.54. The van der Waals surface area contributed by atoms with E-state index < -0.39 is 39.6 Å². The van der Waals surface area contributed by atoms with Crippen molar-refractivity contribution in [3.63, 3.8) is 0 Å². The number of amides is 1. The highest BCUT2D eigenvalue weighted by Crippen LogP contribution is 2.25. The predicted octanol–water partition coefficient (Wildman–Crippen LogP) is -0.551. The lowest BCUT2D eigenvalue weighted by atomic mass is 10.1. The van der Waals surface area contributed by atoms with Crippen molar-refractivity contribution < 1.29 is 35.4 Å². The minimum Gasteiger partial charge on any atom is -0.341 e. The van der Waals surface area contributed by atoms with Crippen LogP contribution >= 0.6 is 0 Å². The van der Waals surface area contributed by atoms with Crippen LogP contribution in [0, 0.1) is 0 Å². The number of halogens is 3. The third kappa shape index (κ3) is 8.78. The molecule has 0 saturated heterocycles. The van der Waals surface area contributed by atoms with Crippen LogP contribution in [0.15, 0.2) is 0 Å². The highest BCUT2D eigenvalue weighted by atomic mass is 32.2. The molecule has 154 valence electrons. The molecule has 2 atom stereocenters. The van der Waals surface area contributed by atoms with Crippen LogP contribution in [-0.4, -0.2) is 51.0 Å². The van der Waals surface area contributed by atoms with Gasteiger partial charge in [-0.3, -0.25) is 4.79 Å². The summed E-state index contributed by atoms with van der Waals surface area (Å²) in [6, 6.07) is -2.61. The topological polar surface area (TPSA) is 168 Å². The van der Waals surface area contributed by atoms with Crippen molar-refractivity contribution >= 4 is 22.0 Å². The van der Waals surface area contributed by atoms with E-state index in [1.54, 1.807) is 0 Å². The second kappa shape index (κ2) is 11.3. The molecular formula is C13H25F3N4O5S. The lowest BCUT2D eigenvalue weighted by Crippen LogP contribution is -2.49. The highest BCUT2D eigenvalue weighted by Gasteiger charge is 2.50. The first kappa shape index (κ1) is 24.6. The van der Waals surface area contributed by atoms with Crippen LogP contribution in [0.2, 0.25) is 0 Å². The molecule has 0 radical (unpaired) electrons. The van der Waals surface area contributed by atoms with Crippen LogP contribution in [0.5, 0.6) is 0 Å². The van der Waals surface area contributed by atoms with E-state index in [-0.39, 0.29) is 25.8 Å². The maximum absolute atomic E-state index is 12.3. The molecule has 0 aromatic rings. The second-order valence-corrected chi connectivity index (χ2v) is 7.08. The number of unbranched alkanes of at least 4 members (excludes halogenated alkanes) is 2. The summed E-state index contributed by atoms with van der Waals surface area (Å²) in [6.45, 7) is 0.646. The smallest absolute Gasteiger partial charge is 0.341 e. The van der Waals surface area contributed by atoms with Gasteiger partial charge in [-0.1, -0.05) is 6.42 Å². The number of carbonyl (C=O) groups is 2. The van der Waals surface area contributed by atoms with Crippen molar-refractivity contribution in [1.82, 2.24) is 5.32 Å². The van der Waals surface area contributed by atoms with Gasteiger partial charge in [0.25, 0.3) is 0 Å². The molecule has 7 N–H and O–H groups in total. The average Bonchev–Trinajstić information content (AvgIpc) is 2.52. The fourth-order valence-corrected chi connectivity index (χ4v) is 2.30. The molecule has 0 aliphatic rings. The van der Waals surface area contributed by atoms with Gasteiger partial charge in [0.1, 0.15) is 6.04 Å². The van der Waals surface area contributed by atoms with Crippen LogP contribution in [0.25, 0.3) is 0 Å². The third-order valence-electron chi connectivity index (χ3n) is 3.33. The fourth-order valence-electron chi connectivity index (χ4n) is 1.87. The Kier molecular flexibility index (Phi) is 10.7. The van der Waals surface area contributed by atoms with Crippen LogP contribution in [0.3, 0.4) is 0 Å². The molecule has 0 aromatic carbocycles. The standard InChI is InChI=1S/C13H25F3N4O5S/c14-13(15,16)26(23,24)25-12(22)10(6-2-4-8-18)20-11(21)9(19)5-1-3-7-17/h9-10H,1-8,17-19H2,(H,20,21)/t9-,10-/m0/s1. The maximum atomic E-state index is 12.3. The minimum absolute atomic E-state index is 0.148. The van der Waals surface area contributed by atoms with Crippen LogP contribution in [0.4, 0.5) is 13.2 Å². The molecule has 0 aromatic heterocycles. The molecule has 0 heterocycles. The van der Waals surface area contributed by atoms with Gasteiger partial charge < -0.3 is 26.7 Å². The number of rotatable bonds is 12. The number of nitrogens with two attached hydrogens (primary N) is 3. The monoisotopic (exact) mass is 406 g/mol. The van der Waals surface area contributed by atoms with E-state index in [1.807, 2.05) is 0 Å². The Morgan fingerprint density at radius 2 is 1.50 bits per heavy atom. The molecular weight excluding hydrogens is 381 g/mol. The first-order valence-corrected chi connectivity index (χ1v) is 9.37. The van der Waals surface area contributed by atoms with Gasteiger partial charge in [0, 0.05) is 0 Å². The Bertz CT molecular complexity index is 556. The van der Waals surface area contributed by atoms with Gasteiger partial charge in [-0.05, 0) is 45.2 Å². The third-order valence-corrected chi connectivity index (χ3v) is 4.28. The zero-order chi connectivity index (χ0) is 20.4. The Labute approximate surface area is 149 Å². The Hall–Kier alpha value is -1.44. The van der Waals surface area contributed by atoms with Gasteiger partial charge in [-0.2, -0.15) is 21.6 Å². The number of nitrogens with one attached hydrogen (secondary N) is 1. The lowest BCUT2D eigenvalue weighted by Gasteiger charge is -2.20. The van der Waals surface area contributed by atoms with Gasteiger partial charge in [-0.15, -0.1) is 0 Å². The van der Waals surface area contributed by atoms with Gasteiger partial charge in [0.15, 0.2) is 0 Å². The Morgan fingerprint density at radius 1 is 1.00 bits per heavy atom. The summed E-state index contributed by atoms with van der Waals surface area (Å²) in [6.07, 6.45) is 1.92. The van der Waals surface area contributed by atoms with Crippen molar-refractivity contribution in [3.05, 3.63) is 0 Å². The van der Waals surface area contributed by atoms with Crippen molar-refractivity contribution in [2.45, 2.75) is 56.1 Å². The van der Waals surface area contributed by atoms with E-state index in [4.69, 9.17) is 17.2 Å². The van der Waals surface area contributed by atoms with Crippen molar-refractivity contribution in [2.75, 3.05) is 13.1 Å². The van der Waals surface area contributed by atoms with Crippen molar-refractivity contribution in [3.8, 4) is 0 Å². The number of hydrogen-bond donors (Lipinski definition) is 4. The fraction of sp³-hybridized carbons (Fsp3) is 0.846. The minimum atomic E-state index is -6.12. The van der Waals surface area contributed by atoms with Gasteiger partial charge in [0.2, 0.25) is 5.91 Å². The summed E-state index contributed by atoms with van der Waals surface area (Å²) in [5.41, 5.74) is 10.5. The van der Waals surface area contributed by atoms with Gasteiger partial charge >= 0.3 is 21.6 Å². The quantitative estimate of drug-likeness (QED) is 0.190. The van der Waals surface area contributed by atoms with E-state index in [1.165, 1.54) is 0 Å². The van der Waals surface area contributed by atoms with E-state index in [0.717, 1.165) is 0 Å². The summed E-state index contributed by atoms with van der Waals surface area (Å²) >= 11 is 0. The molecule has 0 saturated carbocycles. The Balaban J connectivity index is 4.99. The SMILES string of the molecule is NCCCC[C@H](NC(=O)[C@@H](N)CCCCN)C(=O)OS(=O)(=O)C(F)(F)F. The van der Waals surface area contributed by atoms with Crippen LogP contribution < -0.4 is 22.5 Å². The molecule has 0 spiro atoms. The molecule has 0 bridgehead atoms. The number of alkyl halides is 3. The van der Waals surface area contributed by atoms with Crippen LogP contribution in [0.1, 0.15) is 38.5 Å². The maximum Gasteiger partial charge on any atom is 0.534 e. The van der Waals surface area contributed by atoms with Crippen LogP contribution in [-0.2, 0) is 23.9 Å². The summed E-state index contributed by atoms with van der Waals surface area (Å²) < 4.78 is 62.5. The van der Waals surface area contributed by atoms with E-state index >= 15 is 0 Å². The molecule has 0 aliphatic carbocycles. The van der Waals surface area contributed by atoms with Gasteiger partial charge in [0.05, 0.1) is 6.04 Å². The second-order valence-electron chi connectivity index (χ2n) is 5.54. The zero-order valence-corrected chi connectivity index (χ0v) is 14.9. The molecule has 13 heteroatoms. The van der Waals surface area contributed by atoms with Crippen molar-refractivity contribution in [2.24, 2.45) is 17.2 Å². The molecule has 0 rings (SSSR count). The van der Waals surface area contributed by atoms with E-state index in [2.05, 4.69) is 9.50 Å². The normalized spacial score (nSPS) is 14.5.